The number of thiophene rings is 1. The topological polar surface area (TPSA) is 46.3 Å². The van der Waals surface area contributed by atoms with E-state index < -0.39 is 0 Å². The van der Waals surface area contributed by atoms with Crippen LogP contribution in [0.25, 0.3) is 0 Å². The Labute approximate surface area is 110 Å². The van der Waals surface area contributed by atoms with Crippen LogP contribution >= 0.6 is 11.3 Å². The van der Waals surface area contributed by atoms with E-state index in [9.17, 15) is 4.79 Å². The van der Waals surface area contributed by atoms with E-state index in [4.69, 9.17) is 5.73 Å². The lowest BCUT2D eigenvalue weighted by Gasteiger charge is -2.17. The monoisotopic (exact) mass is 258 g/mol. The molecule has 18 heavy (non-hydrogen) atoms. The number of anilines is 2. The molecule has 4 heteroatoms. The molecular weight excluding hydrogens is 244 g/mol. The number of aryl methyl sites for hydroxylation is 1. The van der Waals surface area contributed by atoms with Gasteiger partial charge in [0.05, 0.1) is 4.88 Å². The van der Waals surface area contributed by atoms with Gasteiger partial charge in [0.25, 0.3) is 5.91 Å². The molecule has 2 aromatic rings. The summed E-state index contributed by atoms with van der Waals surface area (Å²) in [5.41, 5.74) is 9.84. The first kappa shape index (κ1) is 11.3. The van der Waals surface area contributed by atoms with Crippen molar-refractivity contribution in [1.29, 1.82) is 0 Å². The Morgan fingerprint density at radius 2 is 2.22 bits per heavy atom. The molecule has 0 unspecified atom stereocenters. The summed E-state index contributed by atoms with van der Waals surface area (Å²) in [6.45, 7) is 2.69. The number of rotatable bonds is 1. The van der Waals surface area contributed by atoms with E-state index in [-0.39, 0.29) is 5.91 Å². The van der Waals surface area contributed by atoms with Crippen molar-refractivity contribution in [3.63, 3.8) is 0 Å². The molecule has 0 saturated heterocycles. The molecule has 0 radical (unpaired) electrons. The quantitative estimate of drug-likeness (QED) is 0.799. The Kier molecular flexibility index (Phi) is 2.59. The Balaban J connectivity index is 2.00. The highest BCUT2D eigenvalue weighted by atomic mass is 32.1. The molecule has 3 nitrogen and oxygen atoms in total. The standard InChI is InChI=1S/C14H14N2OS/c1-9-6-8-18-13(9)14(17)16-7-5-10-11(15)3-2-4-12(10)16/h2-4,6,8H,5,7,15H2,1H3. The second kappa shape index (κ2) is 4.14. The van der Waals surface area contributed by atoms with E-state index in [1.807, 2.05) is 41.5 Å². The summed E-state index contributed by atoms with van der Waals surface area (Å²) < 4.78 is 0. The van der Waals surface area contributed by atoms with Gasteiger partial charge in [-0.15, -0.1) is 11.3 Å². The zero-order chi connectivity index (χ0) is 12.7. The molecule has 2 N–H and O–H groups in total. The van der Waals surface area contributed by atoms with Gasteiger partial charge in [0.2, 0.25) is 0 Å². The van der Waals surface area contributed by atoms with Crippen molar-refractivity contribution in [2.24, 2.45) is 0 Å². The number of benzene rings is 1. The maximum atomic E-state index is 12.5. The van der Waals surface area contributed by atoms with Crippen molar-refractivity contribution < 1.29 is 4.79 Å². The van der Waals surface area contributed by atoms with Gasteiger partial charge in [0.1, 0.15) is 0 Å². The number of nitrogen functional groups attached to an aromatic ring is 1. The Bertz CT molecular complexity index is 618. The Morgan fingerprint density at radius 3 is 2.94 bits per heavy atom. The molecule has 0 bridgehead atoms. The molecule has 2 heterocycles. The van der Waals surface area contributed by atoms with E-state index in [1.54, 1.807) is 0 Å². The number of nitrogens with zero attached hydrogens (tertiary/aromatic N) is 1. The number of hydrogen-bond acceptors (Lipinski definition) is 3. The highest BCUT2D eigenvalue weighted by molar-refractivity contribution is 7.12. The van der Waals surface area contributed by atoms with Crippen molar-refractivity contribution in [2.45, 2.75) is 13.3 Å². The van der Waals surface area contributed by atoms with Crippen LogP contribution in [0, 0.1) is 6.92 Å². The number of carbonyl (C=O) groups is 1. The molecule has 1 aromatic heterocycles. The maximum absolute atomic E-state index is 12.5. The van der Waals surface area contributed by atoms with Crippen LogP contribution in [-0.4, -0.2) is 12.5 Å². The fourth-order valence-corrected chi connectivity index (χ4v) is 3.26. The Morgan fingerprint density at radius 1 is 1.39 bits per heavy atom. The molecule has 0 fully saturated rings. The fourth-order valence-electron chi connectivity index (χ4n) is 2.39. The van der Waals surface area contributed by atoms with Crippen LogP contribution in [0.4, 0.5) is 11.4 Å². The van der Waals surface area contributed by atoms with Gasteiger partial charge in [-0.25, -0.2) is 0 Å². The summed E-state index contributed by atoms with van der Waals surface area (Å²) in [5, 5.41) is 1.96. The van der Waals surface area contributed by atoms with Crippen molar-refractivity contribution >= 4 is 28.6 Å². The van der Waals surface area contributed by atoms with E-state index in [1.165, 1.54) is 11.3 Å². The first-order valence-electron chi connectivity index (χ1n) is 5.92. The largest absolute Gasteiger partial charge is 0.398 e. The lowest BCUT2D eigenvalue weighted by molar-refractivity contribution is 0.0993. The third-order valence-electron chi connectivity index (χ3n) is 3.37. The van der Waals surface area contributed by atoms with E-state index in [2.05, 4.69) is 0 Å². The number of hydrogen-bond donors (Lipinski definition) is 1. The van der Waals surface area contributed by atoms with Crippen molar-refractivity contribution in [2.75, 3.05) is 17.2 Å². The minimum atomic E-state index is 0.0897. The molecule has 92 valence electrons. The van der Waals surface area contributed by atoms with Gasteiger partial charge in [-0.1, -0.05) is 6.07 Å². The highest BCUT2D eigenvalue weighted by Crippen LogP contribution is 2.34. The minimum Gasteiger partial charge on any atom is -0.398 e. The third-order valence-corrected chi connectivity index (χ3v) is 4.37. The summed E-state index contributed by atoms with van der Waals surface area (Å²) in [4.78, 5) is 15.2. The summed E-state index contributed by atoms with van der Waals surface area (Å²) >= 11 is 1.50. The Hall–Kier alpha value is -1.81. The van der Waals surface area contributed by atoms with Gasteiger partial charge in [0, 0.05) is 23.5 Å². The van der Waals surface area contributed by atoms with Crippen LogP contribution in [0.1, 0.15) is 20.8 Å². The van der Waals surface area contributed by atoms with Crippen LogP contribution in [-0.2, 0) is 6.42 Å². The highest BCUT2D eigenvalue weighted by Gasteiger charge is 2.27. The molecule has 1 aliphatic rings. The lowest BCUT2D eigenvalue weighted by atomic mass is 10.1. The second-order valence-corrected chi connectivity index (χ2v) is 5.40. The van der Waals surface area contributed by atoms with Crippen LogP contribution in [0.15, 0.2) is 29.6 Å². The number of fused-ring (bicyclic) bond motifs is 1. The maximum Gasteiger partial charge on any atom is 0.268 e. The number of nitrogens with two attached hydrogens (primary N) is 1. The zero-order valence-electron chi connectivity index (χ0n) is 10.1. The molecule has 0 aliphatic carbocycles. The van der Waals surface area contributed by atoms with Gasteiger partial charge in [-0.05, 0) is 42.5 Å². The smallest absolute Gasteiger partial charge is 0.268 e. The zero-order valence-corrected chi connectivity index (χ0v) is 11.0. The predicted octanol–water partition coefficient (Wildman–Crippen LogP) is 2.84. The molecule has 0 spiro atoms. The minimum absolute atomic E-state index is 0.0897. The molecule has 3 rings (SSSR count). The molecule has 1 aromatic carbocycles. The summed E-state index contributed by atoms with van der Waals surface area (Å²) in [7, 11) is 0. The normalized spacial score (nSPS) is 13.7. The summed E-state index contributed by atoms with van der Waals surface area (Å²) in [6.07, 6.45) is 0.845. The average molecular weight is 258 g/mol. The van der Waals surface area contributed by atoms with E-state index in [0.29, 0.717) is 0 Å². The van der Waals surface area contributed by atoms with Gasteiger partial charge < -0.3 is 10.6 Å². The molecular formula is C14H14N2OS. The van der Waals surface area contributed by atoms with Gasteiger partial charge in [-0.3, -0.25) is 4.79 Å². The average Bonchev–Trinajstić information content (AvgIpc) is 2.95. The van der Waals surface area contributed by atoms with Crippen molar-refractivity contribution in [1.82, 2.24) is 0 Å². The van der Waals surface area contributed by atoms with E-state index >= 15 is 0 Å². The molecule has 0 atom stereocenters. The van der Waals surface area contributed by atoms with Gasteiger partial charge in [-0.2, -0.15) is 0 Å². The SMILES string of the molecule is Cc1ccsc1C(=O)N1CCc2c(N)cccc21. The number of carbonyl (C=O) groups excluding carboxylic acids is 1. The van der Waals surface area contributed by atoms with Crippen LogP contribution in [0.2, 0.25) is 0 Å². The summed E-state index contributed by atoms with van der Waals surface area (Å²) in [6, 6.07) is 7.75. The number of amides is 1. The van der Waals surface area contributed by atoms with Crippen molar-refractivity contribution in [3.8, 4) is 0 Å². The van der Waals surface area contributed by atoms with Crippen LogP contribution < -0.4 is 10.6 Å². The van der Waals surface area contributed by atoms with E-state index in [0.717, 1.165) is 40.3 Å². The van der Waals surface area contributed by atoms with Crippen molar-refractivity contribution in [3.05, 3.63) is 45.6 Å². The van der Waals surface area contributed by atoms with Gasteiger partial charge >= 0.3 is 0 Å². The van der Waals surface area contributed by atoms with Crippen LogP contribution in [0.3, 0.4) is 0 Å². The lowest BCUT2D eigenvalue weighted by Crippen LogP contribution is -2.28. The summed E-state index contributed by atoms with van der Waals surface area (Å²) in [5.74, 6) is 0.0897. The van der Waals surface area contributed by atoms with Gasteiger partial charge in [0.15, 0.2) is 0 Å². The molecule has 1 amide bonds. The fraction of sp³-hybridized carbons (Fsp3) is 0.214. The van der Waals surface area contributed by atoms with Crippen LogP contribution in [0.5, 0.6) is 0 Å². The second-order valence-electron chi connectivity index (χ2n) is 4.48. The molecule has 1 aliphatic heterocycles. The molecule has 0 saturated carbocycles. The third kappa shape index (κ3) is 1.61. The first-order chi connectivity index (χ1) is 8.68. The first-order valence-corrected chi connectivity index (χ1v) is 6.80. The predicted molar refractivity (Wildman–Crippen MR) is 75.3 cm³/mol.